The van der Waals surface area contributed by atoms with E-state index in [1.165, 1.54) is 0 Å². The molecule has 5 nitrogen and oxygen atoms in total. The average Bonchev–Trinajstić information content (AvgIpc) is 2.99. The SMILES string of the molecule is C=CCN1C(=O)[C@]2(Nc3ccccc3C(=O)N2c2ccc(C)cc2)c2ccccc21. The number of carbonyl (C=O) groups is 2. The highest BCUT2D eigenvalue weighted by Gasteiger charge is 2.59. The molecule has 2 aliphatic rings. The van der Waals surface area contributed by atoms with Crippen LogP contribution in [0.4, 0.5) is 17.1 Å². The largest absolute Gasteiger partial charge is 0.350 e. The quantitative estimate of drug-likeness (QED) is 0.667. The third kappa shape index (κ3) is 2.35. The fourth-order valence-electron chi connectivity index (χ4n) is 4.39. The second-order valence-electron chi connectivity index (χ2n) is 7.58. The molecule has 1 spiro atoms. The molecule has 3 aromatic rings. The van der Waals surface area contributed by atoms with Gasteiger partial charge in [0.15, 0.2) is 0 Å². The predicted octanol–water partition coefficient (Wildman–Crippen LogP) is 4.45. The van der Waals surface area contributed by atoms with Crippen molar-refractivity contribution >= 4 is 28.9 Å². The Morgan fingerprint density at radius 3 is 2.43 bits per heavy atom. The summed E-state index contributed by atoms with van der Waals surface area (Å²) >= 11 is 0. The van der Waals surface area contributed by atoms with Crippen LogP contribution in [-0.4, -0.2) is 18.4 Å². The van der Waals surface area contributed by atoms with Crippen LogP contribution in [0.5, 0.6) is 0 Å². The molecule has 0 aromatic heterocycles. The number of amides is 2. The predicted molar refractivity (Wildman–Crippen MR) is 119 cm³/mol. The Balaban J connectivity index is 1.82. The molecule has 2 aliphatic heterocycles. The smallest absolute Gasteiger partial charge is 0.279 e. The summed E-state index contributed by atoms with van der Waals surface area (Å²) in [5, 5.41) is 3.44. The number of carbonyl (C=O) groups excluding carboxylic acids is 2. The first-order valence-electron chi connectivity index (χ1n) is 9.89. The lowest BCUT2D eigenvalue weighted by atomic mass is 9.92. The number of anilines is 3. The van der Waals surface area contributed by atoms with Gasteiger partial charge in [0.2, 0.25) is 5.66 Å². The van der Waals surface area contributed by atoms with E-state index in [4.69, 9.17) is 0 Å². The maximum Gasteiger partial charge on any atom is 0.279 e. The summed E-state index contributed by atoms with van der Waals surface area (Å²) in [6.45, 7) is 6.16. The van der Waals surface area contributed by atoms with Gasteiger partial charge in [0, 0.05) is 23.5 Å². The zero-order valence-corrected chi connectivity index (χ0v) is 16.6. The molecule has 0 unspecified atom stereocenters. The van der Waals surface area contributed by atoms with E-state index in [0.29, 0.717) is 23.5 Å². The first kappa shape index (κ1) is 18.2. The molecule has 30 heavy (non-hydrogen) atoms. The number of hydrogen-bond acceptors (Lipinski definition) is 3. The zero-order valence-electron chi connectivity index (χ0n) is 16.6. The van der Waals surface area contributed by atoms with Crippen molar-refractivity contribution in [2.24, 2.45) is 0 Å². The highest BCUT2D eigenvalue weighted by atomic mass is 16.2. The Kier molecular flexibility index (Phi) is 4.00. The molecule has 0 fully saturated rings. The summed E-state index contributed by atoms with van der Waals surface area (Å²) in [6.07, 6.45) is 1.70. The first-order chi connectivity index (χ1) is 14.6. The van der Waals surface area contributed by atoms with Crippen LogP contribution < -0.4 is 15.1 Å². The molecule has 1 N–H and O–H groups in total. The van der Waals surface area contributed by atoms with Crippen molar-refractivity contribution in [2.45, 2.75) is 12.6 Å². The van der Waals surface area contributed by atoms with E-state index in [9.17, 15) is 9.59 Å². The van der Waals surface area contributed by atoms with E-state index in [0.717, 1.165) is 16.8 Å². The summed E-state index contributed by atoms with van der Waals surface area (Å²) < 4.78 is 0. The molecular formula is C25H21N3O2. The first-order valence-corrected chi connectivity index (χ1v) is 9.89. The second-order valence-corrected chi connectivity index (χ2v) is 7.58. The summed E-state index contributed by atoms with van der Waals surface area (Å²) in [7, 11) is 0. The van der Waals surface area contributed by atoms with Crippen molar-refractivity contribution in [3.05, 3.63) is 102 Å². The molecule has 0 saturated carbocycles. The molecule has 2 heterocycles. The third-order valence-corrected chi connectivity index (χ3v) is 5.75. The number of nitrogens with one attached hydrogen (secondary N) is 1. The van der Waals surface area contributed by atoms with Crippen LogP contribution >= 0.6 is 0 Å². The van der Waals surface area contributed by atoms with Gasteiger partial charge >= 0.3 is 0 Å². The summed E-state index contributed by atoms with van der Waals surface area (Å²) in [4.78, 5) is 31.0. The lowest BCUT2D eigenvalue weighted by Gasteiger charge is -2.45. The molecule has 1 atom stereocenters. The number of hydrogen-bond donors (Lipinski definition) is 1. The third-order valence-electron chi connectivity index (χ3n) is 5.75. The maximum absolute atomic E-state index is 14.0. The van der Waals surface area contributed by atoms with Crippen molar-refractivity contribution in [3.8, 4) is 0 Å². The van der Waals surface area contributed by atoms with E-state index < -0.39 is 5.66 Å². The molecule has 0 aliphatic carbocycles. The molecule has 0 saturated heterocycles. The molecule has 3 aromatic carbocycles. The number of nitrogens with zero attached hydrogens (tertiary/aromatic N) is 2. The van der Waals surface area contributed by atoms with Gasteiger partial charge in [-0.3, -0.25) is 14.5 Å². The van der Waals surface area contributed by atoms with Crippen LogP contribution in [-0.2, 0) is 10.5 Å². The van der Waals surface area contributed by atoms with Crippen molar-refractivity contribution in [1.82, 2.24) is 0 Å². The summed E-state index contributed by atoms with van der Waals surface area (Å²) in [6, 6.07) is 22.6. The Morgan fingerprint density at radius 2 is 1.67 bits per heavy atom. The van der Waals surface area contributed by atoms with Crippen molar-refractivity contribution in [3.63, 3.8) is 0 Å². The van der Waals surface area contributed by atoms with Gasteiger partial charge in [0.05, 0.1) is 11.3 Å². The van der Waals surface area contributed by atoms with Gasteiger partial charge in [-0.1, -0.05) is 54.1 Å². The van der Waals surface area contributed by atoms with Crippen LogP contribution in [0.3, 0.4) is 0 Å². The number of fused-ring (bicyclic) bond motifs is 3. The summed E-state index contributed by atoms with van der Waals surface area (Å²) in [5.74, 6) is -0.413. The highest BCUT2D eigenvalue weighted by Crippen LogP contribution is 2.49. The van der Waals surface area contributed by atoms with Crippen LogP contribution in [0.2, 0.25) is 0 Å². The molecule has 0 bridgehead atoms. The fraction of sp³-hybridized carbons (Fsp3) is 0.120. The second kappa shape index (κ2) is 6.59. The van der Waals surface area contributed by atoms with E-state index in [-0.39, 0.29) is 11.8 Å². The minimum atomic E-state index is -1.36. The van der Waals surface area contributed by atoms with Crippen LogP contribution in [0.1, 0.15) is 21.5 Å². The topological polar surface area (TPSA) is 52.7 Å². The molecule has 5 heteroatoms. The zero-order chi connectivity index (χ0) is 20.9. The van der Waals surface area contributed by atoms with Crippen molar-refractivity contribution < 1.29 is 9.59 Å². The average molecular weight is 395 g/mol. The number of aryl methyl sites for hydroxylation is 1. The summed E-state index contributed by atoms with van der Waals surface area (Å²) in [5.41, 5.74) is 3.10. The number of rotatable bonds is 3. The van der Waals surface area contributed by atoms with E-state index >= 15 is 0 Å². The monoisotopic (exact) mass is 395 g/mol. The van der Waals surface area contributed by atoms with Crippen molar-refractivity contribution in [1.29, 1.82) is 0 Å². The minimum absolute atomic E-state index is 0.202. The van der Waals surface area contributed by atoms with Crippen LogP contribution in [0.25, 0.3) is 0 Å². The van der Waals surface area contributed by atoms with E-state index in [1.54, 1.807) is 21.9 Å². The van der Waals surface area contributed by atoms with Gasteiger partial charge in [0.25, 0.3) is 11.8 Å². The molecule has 5 rings (SSSR count). The van der Waals surface area contributed by atoms with Gasteiger partial charge in [0.1, 0.15) is 0 Å². The normalized spacial score (nSPS) is 19.5. The molecular weight excluding hydrogens is 374 g/mol. The maximum atomic E-state index is 14.0. The fourth-order valence-corrected chi connectivity index (χ4v) is 4.39. The lowest BCUT2D eigenvalue weighted by molar-refractivity contribution is -0.122. The van der Waals surface area contributed by atoms with E-state index in [2.05, 4.69) is 11.9 Å². The Labute approximate surface area is 175 Å². The minimum Gasteiger partial charge on any atom is -0.350 e. The van der Waals surface area contributed by atoms with Crippen LogP contribution in [0, 0.1) is 6.92 Å². The van der Waals surface area contributed by atoms with Crippen LogP contribution in [0.15, 0.2) is 85.5 Å². The molecule has 148 valence electrons. The standard InChI is InChI=1S/C25H21N3O2/c1-3-16-27-22-11-7-5-9-20(22)25(24(27)30)26-21-10-6-4-8-19(21)23(29)28(25)18-14-12-17(2)13-15-18/h3-15,26H,1,16H2,2H3/t25-/m0/s1. The highest BCUT2D eigenvalue weighted by molar-refractivity contribution is 6.22. The van der Waals surface area contributed by atoms with Gasteiger partial charge in [-0.2, -0.15) is 0 Å². The molecule has 2 amide bonds. The van der Waals surface area contributed by atoms with Gasteiger partial charge in [-0.25, -0.2) is 0 Å². The van der Waals surface area contributed by atoms with Crippen molar-refractivity contribution in [2.75, 3.05) is 21.7 Å². The van der Waals surface area contributed by atoms with Gasteiger partial charge in [-0.05, 0) is 37.3 Å². The lowest BCUT2D eigenvalue weighted by Crippen LogP contribution is -2.63. The Morgan fingerprint density at radius 1 is 0.967 bits per heavy atom. The Bertz CT molecular complexity index is 1190. The van der Waals surface area contributed by atoms with E-state index in [1.807, 2.05) is 73.7 Å². The molecule has 0 radical (unpaired) electrons. The van der Waals surface area contributed by atoms with Gasteiger partial charge < -0.3 is 10.2 Å². The number of para-hydroxylation sites is 2. The Hall–Kier alpha value is -3.86. The number of benzene rings is 3. The van der Waals surface area contributed by atoms with Gasteiger partial charge in [-0.15, -0.1) is 6.58 Å².